The zero-order valence-corrected chi connectivity index (χ0v) is 15.8. The first-order valence-electron chi connectivity index (χ1n) is 9.58. The predicted octanol–water partition coefficient (Wildman–Crippen LogP) is 2.02. The zero-order chi connectivity index (χ0) is 18.9. The number of likely N-dealkylation sites (N-methyl/N-ethyl adjacent to an activating group) is 1. The minimum absolute atomic E-state index is 0.120. The normalized spacial score (nSPS) is 35.2. The number of hydrogen-bond donors (Lipinski definition) is 1. The van der Waals surface area contributed by atoms with E-state index >= 15 is 0 Å². The minimum atomic E-state index is -0.411. The Bertz CT molecular complexity index is 879. The molecule has 1 aromatic carbocycles. The number of nitrogens with zero attached hydrogens (tertiary/aromatic N) is 1. The largest absolute Gasteiger partial charge is 0.483 e. The molecule has 0 aromatic heterocycles. The summed E-state index contributed by atoms with van der Waals surface area (Å²) in [7, 11) is 2.19. The van der Waals surface area contributed by atoms with Gasteiger partial charge in [-0.2, -0.15) is 0 Å². The Hall–Kier alpha value is -2.34. The minimum Gasteiger partial charge on any atom is -0.483 e. The first kappa shape index (κ1) is 16.8. The van der Waals surface area contributed by atoms with Crippen LogP contribution in [0.3, 0.4) is 0 Å². The SMILES string of the molecule is CC(=O)Nc1ccc2c3c1O[C@H]1[C@@H](OC(C)=O)C=C[C@H]4[C@@H](C2)N(C)CC[C@@]341. The molecule has 142 valence electrons. The van der Waals surface area contributed by atoms with E-state index < -0.39 is 6.10 Å². The second-order valence-electron chi connectivity index (χ2n) is 8.22. The van der Waals surface area contributed by atoms with E-state index in [0.29, 0.717) is 17.6 Å². The second-order valence-corrected chi connectivity index (χ2v) is 8.22. The van der Waals surface area contributed by atoms with E-state index in [0.717, 1.165) is 25.1 Å². The van der Waals surface area contributed by atoms with Gasteiger partial charge >= 0.3 is 5.97 Å². The summed E-state index contributed by atoms with van der Waals surface area (Å²) < 4.78 is 12.1. The van der Waals surface area contributed by atoms with Crippen LogP contribution in [0, 0.1) is 5.92 Å². The van der Waals surface area contributed by atoms with E-state index in [4.69, 9.17) is 9.47 Å². The van der Waals surface area contributed by atoms with Crippen LogP contribution < -0.4 is 10.1 Å². The molecule has 2 bridgehead atoms. The van der Waals surface area contributed by atoms with Gasteiger partial charge in [0.1, 0.15) is 11.9 Å². The monoisotopic (exact) mass is 368 g/mol. The van der Waals surface area contributed by atoms with Crippen molar-refractivity contribution < 1.29 is 19.1 Å². The molecule has 1 amide bonds. The summed E-state index contributed by atoms with van der Waals surface area (Å²) in [5.74, 6) is 0.656. The van der Waals surface area contributed by atoms with Crippen molar-refractivity contribution in [2.45, 2.75) is 50.4 Å². The summed E-state index contributed by atoms with van der Waals surface area (Å²) in [6.45, 7) is 3.92. The molecular weight excluding hydrogens is 344 g/mol. The highest BCUT2D eigenvalue weighted by Gasteiger charge is 2.64. The third-order valence-corrected chi connectivity index (χ3v) is 6.76. The molecule has 27 heavy (non-hydrogen) atoms. The second kappa shape index (κ2) is 5.58. The summed E-state index contributed by atoms with van der Waals surface area (Å²) >= 11 is 0. The first-order valence-corrected chi connectivity index (χ1v) is 9.58. The average Bonchev–Trinajstić information content (AvgIpc) is 2.95. The van der Waals surface area contributed by atoms with E-state index in [1.54, 1.807) is 0 Å². The number of benzene rings is 1. The molecule has 5 rings (SSSR count). The van der Waals surface area contributed by atoms with Crippen molar-refractivity contribution in [1.82, 2.24) is 4.90 Å². The van der Waals surface area contributed by atoms with Gasteiger partial charge in [-0.15, -0.1) is 0 Å². The lowest BCUT2D eigenvalue weighted by Gasteiger charge is -2.56. The lowest BCUT2D eigenvalue weighted by atomic mass is 9.53. The van der Waals surface area contributed by atoms with Crippen LogP contribution in [0.25, 0.3) is 0 Å². The molecule has 1 spiro atoms. The lowest BCUT2D eigenvalue weighted by molar-refractivity contribution is -0.152. The van der Waals surface area contributed by atoms with Gasteiger partial charge in [0, 0.05) is 36.8 Å². The number of carbonyl (C=O) groups excluding carboxylic acids is 2. The summed E-state index contributed by atoms with van der Waals surface area (Å²) in [6.07, 6.45) is 5.47. The number of piperidine rings is 1. The topological polar surface area (TPSA) is 67.9 Å². The quantitative estimate of drug-likeness (QED) is 0.639. The maximum absolute atomic E-state index is 11.7. The van der Waals surface area contributed by atoms with Gasteiger partial charge in [-0.1, -0.05) is 12.1 Å². The van der Waals surface area contributed by atoms with Crippen LogP contribution in [0.4, 0.5) is 5.69 Å². The standard InChI is InChI=1S/C21H24N2O4/c1-11(24)22-15-6-4-13-10-16-14-5-7-17(26-12(2)25)20-21(14,8-9-23(16)3)18(13)19(15)27-20/h4-7,14,16-17,20H,8-10H2,1-3H3,(H,22,24)/t14-,16+,17-,20-,21-/m0/s1. The number of anilines is 1. The molecule has 1 aromatic rings. The molecule has 0 radical (unpaired) electrons. The Labute approximate surface area is 158 Å². The molecule has 6 heteroatoms. The fraction of sp³-hybridized carbons (Fsp3) is 0.524. The predicted molar refractivity (Wildman–Crippen MR) is 99.8 cm³/mol. The highest BCUT2D eigenvalue weighted by molar-refractivity contribution is 5.91. The molecule has 1 fully saturated rings. The van der Waals surface area contributed by atoms with Gasteiger partial charge < -0.3 is 19.7 Å². The molecular formula is C21H24N2O4. The van der Waals surface area contributed by atoms with Gasteiger partial charge in [0.15, 0.2) is 6.10 Å². The maximum atomic E-state index is 11.7. The van der Waals surface area contributed by atoms with Crippen molar-refractivity contribution in [3.8, 4) is 5.75 Å². The Balaban J connectivity index is 1.71. The highest BCUT2D eigenvalue weighted by atomic mass is 16.6. The molecule has 1 N–H and O–H groups in total. The third kappa shape index (κ3) is 2.16. The smallest absolute Gasteiger partial charge is 0.303 e. The van der Waals surface area contributed by atoms with Crippen LogP contribution in [0.5, 0.6) is 5.75 Å². The van der Waals surface area contributed by atoms with E-state index in [1.165, 1.54) is 25.0 Å². The van der Waals surface area contributed by atoms with Gasteiger partial charge in [-0.3, -0.25) is 9.59 Å². The van der Waals surface area contributed by atoms with E-state index in [2.05, 4.69) is 29.4 Å². The highest BCUT2D eigenvalue weighted by Crippen LogP contribution is 2.62. The maximum Gasteiger partial charge on any atom is 0.303 e. The molecule has 4 aliphatic rings. The van der Waals surface area contributed by atoms with Crippen molar-refractivity contribution in [1.29, 1.82) is 0 Å². The van der Waals surface area contributed by atoms with Crippen LogP contribution in [-0.4, -0.2) is 48.6 Å². The van der Waals surface area contributed by atoms with Gasteiger partial charge in [0.2, 0.25) is 5.91 Å². The Morgan fingerprint density at radius 3 is 2.85 bits per heavy atom. The fourth-order valence-corrected chi connectivity index (χ4v) is 5.81. The van der Waals surface area contributed by atoms with Gasteiger partial charge in [-0.25, -0.2) is 0 Å². The molecule has 6 nitrogen and oxygen atoms in total. The van der Waals surface area contributed by atoms with E-state index in [9.17, 15) is 9.59 Å². The molecule has 2 aliphatic carbocycles. The lowest BCUT2D eigenvalue weighted by Crippen LogP contribution is -2.65. The van der Waals surface area contributed by atoms with Gasteiger partial charge in [0.25, 0.3) is 0 Å². The van der Waals surface area contributed by atoms with Gasteiger partial charge in [0.05, 0.1) is 5.69 Å². The van der Waals surface area contributed by atoms with Crippen molar-refractivity contribution in [3.05, 3.63) is 35.4 Å². The first-order chi connectivity index (χ1) is 12.9. The molecule has 5 atom stereocenters. The Morgan fingerprint density at radius 2 is 2.11 bits per heavy atom. The number of likely N-dealkylation sites (tertiary alicyclic amines) is 1. The van der Waals surface area contributed by atoms with Crippen LogP contribution in [-0.2, 0) is 26.2 Å². The Morgan fingerprint density at radius 1 is 1.30 bits per heavy atom. The van der Waals surface area contributed by atoms with Gasteiger partial charge in [-0.05, 0) is 44.1 Å². The third-order valence-electron chi connectivity index (χ3n) is 6.76. The fourth-order valence-electron chi connectivity index (χ4n) is 5.81. The Kier molecular flexibility index (Phi) is 3.47. The molecule has 0 unspecified atom stereocenters. The van der Waals surface area contributed by atoms with Crippen LogP contribution in [0.15, 0.2) is 24.3 Å². The summed E-state index contributed by atoms with van der Waals surface area (Å²) in [6, 6.07) is 4.47. The molecule has 1 saturated heterocycles. The van der Waals surface area contributed by atoms with Crippen molar-refractivity contribution in [2.24, 2.45) is 5.92 Å². The molecule has 2 aliphatic heterocycles. The number of hydrogen-bond acceptors (Lipinski definition) is 5. The van der Waals surface area contributed by atoms with Crippen molar-refractivity contribution >= 4 is 17.6 Å². The number of ether oxygens (including phenoxy) is 2. The molecule has 2 heterocycles. The van der Waals surface area contributed by atoms with Crippen LogP contribution >= 0.6 is 0 Å². The van der Waals surface area contributed by atoms with Crippen molar-refractivity contribution in [3.63, 3.8) is 0 Å². The average molecular weight is 368 g/mol. The van der Waals surface area contributed by atoms with E-state index in [-0.39, 0.29) is 23.4 Å². The van der Waals surface area contributed by atoms with E-state index in [1.807, 2.05) is 12.1 Å². The summed E-state index contributed by atoms with van der Waals surface area (Å²) in [4.78, 5) is 25.8. The zero-order valence-electron chi connectivity index (χ0n) is 15.8. The van der Waals surface area contributed by atoms with Crippen LogP contribution in [0.1, 0.15) is 31.4 Å². The number of esters is 1. The summed E-state index contributed by atoms with van der Waals surface area (Å²) in [5, 5.41) is 2.91. The van der Waals surface area contributed by atoms with Crippen LogP contribution in [0.2, 0.25) is 0 Å². The summed E-state index contributed by atoms with van der Waals surface area (Å²) in [5.41, 5.74) is 3.01. The van der Waals surface area contributed by atoms with Crippen molar-refractivity contribution in [2.75, 3.05) is 18.9 Å². The number of amides is 1. The molecule has 0 saturated carbocycles. The number of nitrogens with one attached hydrogen (secondary N) is 1. The number of carbonyl (C=O) groups is 2. The number of rotatable bonds is 2.